The van der Waals surface area contributed by atoms with Gasteiger partial charge in [0.25, 0.3) is 0 Å². The van der Waals surface area contributed by atoms with E-state index < -0.39 is 22.9 Å². The fourth-order valence-corrected chi connectivity index (χ4v) is 7.51. The van der Waals surface area contributed by atoms with Gasteiger partial charge in [0, 0.05) is 46.9 Å². The Labute approximate surface area is 276 Å². The zero-order chi connectivity index (χ0) is 33.1. The maximum Gasteiger partial charge on any atom is 0.316 e. The second-order valence-corrected chi connectivity index (χ2v) is 14.1. The van der Waals surface area contributed by atoms with E-state index in [0.717, 1.165) is 36.7 Å². The van der Waals surface area contributed by atoms with Crippen LogP contribution in [0.25, 0.3) is 22.2 Å². The lowest BCUT2D eigenvalue weighted by Crippen LogP contribution is -2.24. The molecule has 0 amide bonds. The van der Waals surface area contributed by atoms with Gasteiger partial charge in [-0.1, -0.05) is 44.5 Å². The van der Waals surface area contributed by atoms with Crippen LogP contribution in [-0.4, -0.2) is 43.1 Å². The summed E-state index contributed by atoms with van der Waals surface area (Å²) >= 11 is 1.35. The number of carbonyl (C=O) groups is 2. The van der Waals surface area contributed by atoms with E-state index in [4.69, 9.17) is 9.84 Å². The lowest BCUT2D eigenvalue weighted by molar-refractivity contribution is -0.136. The SMILES string of the molecule is CC1(C)CCCC(c2cccc(CCC=O)c2)n2ccc(n2)-c2cc(ccc2F)Oc2c(F)cc3[nH]ccc3c2CC(C(=O)O)SC1. The molecule has 7 nitrogen and oxygen atoms in total. The Morgan fingerprint density at radius 2 is 2.00 bits per heavy atom. The molecule has 47 heavy (non-hydrogen) atoms. The highest BCUT2D eigenvalue weighted by molar-refractivity contribution is 8.00. The molecule has 1 aliphatic heterocycles. The Balaban J connectivity index is 1.45. The number of aliphatic carboxylic acids is 1. The van der Waals surface area contributed by atoms with Gasteiger partial charge in [0.1, 0.15) is 23.1 Å². The van der Waals surface area contributed by atoms with Crippen LogP contribution in [0.15, 0.2) is 73.1 Å². The van der Waals surface area contributed by atoms with Crippen molar-refractivity contribution in [3.63, 3.8) is 0 Å². The summed E-state index contributed by atoms with van der Waals surface area (Å²) in [6.07, 6.45) is 7.97. The van der Waals surface area contributed by atoms with Crippen molar-refractivity contribution in [3.8, 4) is 22.8 Å². The molecule has 244 valence electrons. The lowest BCUT2D eigenvalue weighted by Gasteiger charge is -2.27. The van der Waals surface area contributed by atoms with Crippen molar-refractivity contribution in [3.05, 3.63) is 101 Å². The summed E-state index contributed by atoms with van der Waals surface area (Å²) in [5.41, 5.74) is 3.48. The van der Waals surface area contributed by atoms with Gasteiger partial charge < -0.3 is 19.6 Å². The highest BCUT2D eigenvalue weighted by atomic mass is 32.2. The minimum atomic E-state index is -0.980. The molecule has 0 saturated carbocycles. The number of hydrogen-bond donors (Lipinski definition) is 2. The number of hydrogen-bond acceptors (Lipinski definition) is 5. The highest BCUT2D eigenvalue weighted by Crippen LogP contribution is 2.40. The molecular formula is C37H37F2N3O4S. The number of carbonyl (C=O) groups excluding carboxylic acids is 1. The Kier molecular flexibility index (Phi) is 9.50. The van der Waals surface area contributed by atoms with E-state index in [0.29, 0.717) is 40.8 Å². The molecule has 5 aromatic rings. The zero-order valence-corrected chi connectivity index (χ0v) is 27.2. The second-order valence-electron chi connectivity index (χ2n) is 12.9. The number of ether oxygens (including phenoxy) is 1. The Morgan fingerprint density at radius 3 is 2.81 bits per heavy atom. The second kappa shape index (κ2) is 13.7. The van der Waals surface area contributed by atoms with Crippen molar-refractivity contribution in [2.24, 2.45) is 5.41 Å². The summed E-state index contributed by atoms with van der Waals surface area (Å²) in [6.45, 7) is 4.27. The fourth-order valence-electron chi connectivity index (χ4n) is 6.28. The van der Waals surface area contributed by atoms with Gasteiger partial charge in [-0.3, -0.25) is 9.48 Å². The lowest BCUT2D eigenvalue weighted by atomic mass is 9.87. The van der Waals surface area contributed by atoms with Crippen LogP contribution in [0.5, 0.6) is 11.5 Å². The monoisotopic (exact) mass is 657 g/mol. The van der Waals surface area contributed by atoms with Gasteiger partial charge in [0.2, 0.25) is 0 Å². The van der Waals surface area contributed by atoms with Crippen LogP contribution in [0.3, 0.4) is 0 Å². The van der Waals surface area contributed by atoms with Crippen molar-refractivity contribution in [2.45, 2.75) is 63.7 Å². The minimum absolute atomic E-state index is 0.0402. The summed E-state index contributed by atoms with van der Waals surface area (Å²) in [5, 5.41) is 14.9. The van der Waals surface area contributed by atoms with Gasteiger partial charge in [-0.25, -0.2) is 8.78 Å². The van der Waals surface area contributed by atoms with E-state index in [9.17, 15) is 14.7 Å². The number of aromatic amines is 1. The van der Waals surface area contributed by atoms with Gasteiger partial charge in [-0.15, -0.1) is 11.8 Å². The summed E-state index contributed by atoms with van der Waals surface area (Å²) in [7, 11) is 0. The fraction of sp³-hybridized carbons (Fsp3) is 0.324. The van der Waals surface area contributed by atoms with E-state index in [2.05, 4.69) is 24.9 Å². The molecule has 6 rings (SSSR count). The third kappa shape index (κ3) is 7.27. The van der Waals surface area contributed by atoms with Crippen LogP contribution in [0.2, 0.25) is 0 Å². The van der Waals surface area contributed by atoms with Gasteiger partial charge >= 0.3 is 5.97 Å². The Morgan fingerprint density at radius 1 is 1.15 bits per heavy atom. The molecule has 0 spiro atoms. The minimum Gasteiger partial charge on any atom is -0.480 e. The predicted molar refractivity (Wildman–Crippen MR) is 180 cm³/mol. The normalized spacial score (nSPS) is 18.5. The molecule has 3 aromatic carbocycles. The number of benzene rings is 3. The summed E-state index contributed by atoms with van der Waals surface area (Å²) in [6, 6.07) is 17.0. The van der Waals surface area contributed by atoms with Gasteiger partial charge in [-0.05, 0) is 78.3 Å². The first-order valence-corrected chi connectivity index (χ1v) is 16.8. The molecule has 0 saturated heterocycles. The third-order valence-corrected chi connectivity index (χ3v) is 10.5. The number of fused-ring (bicyclic) bond motifs is 8. The molecule has 2 unspecified atom stereocenters. The number of H-pyrrole nitrogens is 1. The van der Waals surface area contributed by atoms with Crippen molar-refractivity contribution >= 4 is 34.9 Å². The molecule has 0 fully saturated rings. The largest absolute Gasteiger partial charge is 0.480 e. The number of rotatable bonds is 5. The van der Waals surface area contributed by atoms with Crippen molar-refractivity contribution < 1.29 is 28.2 Å². The average Bonchev–Trinajstić information content (AvgIpc) is 3.72. The smallest absolute Gasteiger partial charge is 0.316 e. The Hall–Kier alpha value is -4.44. The van der Waals surface area contributed by atoms with Crippen molar-refractivity contribution in [2.75, 3.05) is 5.75 Å². The standard InChI is InChI=1S/C37H37F2N3O4S/c1-37(2)14-4-9-33(24-8-3-6-23(18-24)7-5-17-43)42-16-13-31(41-42)28-19-25(10-11-29(28)38)46-35-27(20-34(36(44)45)47-22-37)26-12-15-40-32(26)21-30(35)39/h3,6,8,10-13,15-19,21,33-34,40H,4-5,7,9,14,20,22H2,1-2H3,(H,44,45). The maximum atomic E-state index is 15.7. The summed E-state index contributed by atoms with van der Waals surface area (Å²) < 4.78 is 39.0. The summed E-state index contributed by atoms with van der Waals surface area (Å²) in [5.74, 6) is -1.42. The van der Waals surface area contributed by atoms with E-state index in [1.54, 1.807) is 18.3 Å². The van der Waals surface area contributed by atoms with E-state index in [1.165, 1.54) is 36.0 Å². The highest BCUT2D eigenvalue weighted by Gasteiger charge is 2.29. The first-order chi connectivity index (χ1) is 22.6. The topological polar surface area (TPSA) is 97.2 Å². The van der Waals surface area contributed by atoms with Crippen LogP contribution in [0.1, 0.15) is 62.3 Å². The van der Waals surface area contributed by atoms with Crippen LogP contribution in [0, 0.1) is 17.0 Å². The van der Waals surface area contributed by atoms with Gasteiger partial charge in [0.15, 0.2) is 11.6 Å². The van der Waals surface area contributed by atoms with Crippen LogP contribution in [0.4, 0.5) is 8.78 Å². The van der Waals surface area contributed by atoms with Crippen LogP contribution in [-0.2, 0) is 22.4 Å². The first kappa shape index (κ1) is 32.5. The number of aromatic nitrogens is 3. The van der Waals surface area contributed by atoms with E-state index >= 15 is 8.78 Å². The predicted octanol–water partition coefficient (Wildman–Crippen LogP) is 8.76. The number of carboxylic acids is 1. The first-order valence-electron chi connectivity index (χ1n) is 15.8. The number of carboxylic acid groups (broad SMARTS) is 1. The number of aldehydes is 1. The molecule has 10 heteroatoms. The molecule has 2 aromatic heterocycles. The Bertz CT molecular complexity index is 1920. The van der Waals surface area contributed by atoms with Crippen LogP contribution >= 0.6 is 11.8 Å². The molecule has 3 heterocycles. The van der Waals surface area contributed by atoms with E-state index in [1.807, 2.05) is 29.1 Å². The molecule has 2 N–H and O–H groups in total. The van der Waals surface area contributed by atoms with Crippen molar-refractivity contribution in [1.29, 1.82) is 0 Å². The number of aryl methyl sites for hydroxylation is 1. The van der Waals surface area contributed by atoms with Crippen molar-refractivity contribution in [1.82, 2.24) is 14.8 Å². The quantitative estimate of drug-likeness (QED) is 0.184. The van der Waals surface area contributed by atoms with Gasteiger partial charge in [-0.2, -0.15) is 5.10 Å². The van der Waals surface area contributed by atoms with E-state index in [-0.39, 0.29) is 34.9 Å². The molecular weight excluding hydrogens is 620 g/mol. The molecule has 0 aliphatic carbocycles. The average molecular weight is 658 g/mol. The number of halogens is 2. The maximum absolute atomic E-state index is 15.7. The zero-order valence-electron chi connectivity index (χ0n) is 26.3. The molecule has 4 bridgehead atoms. The number of nitrogens with zero attached hydrogens (tertiary/aromatic N) is 2. The number of thioether (sulfide) groups is 1. The summed E-state index contributed by atoms with van der Waals surface area (Å²) in [4.78, 5) is 26.6. The van der Waals surface area contributed by atoms with Gasteiger partial charge in [0.05, 0.1) is 11.7 Å². The number of nitrogens with one attached hydrogen (secondary N) is 1. The molecule has 2 atom stereocenters. The third-order valence-electron chi connectivity index (χ3n) is 8.79. The molecule has 0 radical (unpaired) electrons. The van der Waals surface area contributed by atoms with Crippen LogP contribution < -0.4 is 4.74 Å². The molecule has 1 aliphatic rings.